The number of ether oxygens (including phenoxy) is 1. The summed E-state index contributed by atoms with van der Waals surface area (Å²) in [5.74, 6) is 0.331. The number of hydrogen-bond donors (Lipinski definition) is 1. The molecule has 6 heteroatoms. The van der Waals surface area contributed by atoms with Crippen LogP contribution in [0.4, 0.5) is 0 Å². The molecule has 1 aromatic rings. The Labute approximate surface area is 106 Å². The van der Waals surface area contributed by atoms with Gasteiger partial charge < -0.3 is 9.84 Å². The Morgan fingerprint density at radius 3 is 2.71 bits per heavy atom. The molecule has 0 atom stereocenters. The molecular formula is C11H15ClO4S. The van der Waals surface area contributed by atoms with Crippen LogP contribution in [0.1, 0.15) is 12.0 Å². The van der Waals surface area contributed by atoms with Crippen LogP contribution in [0, 0.1) is 0 Å². The second-order valence-electron chi connectivity index (χ2n) is 3.63. The molecule has 0 bridgehead atoms. The molecule has 0 amide bonds. The summed E-state index contributed by atoms with van der Waals surface area (Å²) in [5.41, 5.74) is 0.540. The number of methoxy groups -OCH3 is 1. The highest BCUT2D eigenvalue weighted by Crippen LogP contribution is 2.24. The van der Waals surface area contributed by atoms with Crippen LogP contribution in [0.5, 0.6) is 5.75 Å². The van der Waals surface area contributed by atoms with E-state index in [0.717, 1.165) is 0 Å². The van der Waals surface area contributed by atoms with Crippen LogP contribution in [-0.4, -0.2) is 33.0 Å². The first-order valence-corrected chi connectivity index (χ1v) is 7.32. The Kier molecular flexibility index (Phi) is 5.24. The third-order valence-electron chi connectivity index (χ3n) is 2.23. The Balaban J connectivity index is 2.90. The maximum Gasteiger partial charge on any atom is 0.154 e. The van der Waals surface area contributed by atoms with E-state index in [-0.39, 0.29) is 24.5 Å². The SMILES string of the molecule is COc1ccc(Cl)cc1CS(=O)(=O)CCCO. The predicted octanol–water partition coefficient (Wildman–Crippen LogP) is 1.65. The number of benzene rings is 1. The maximum atomic E-state index is 11.7. The molecular weight excluding hydrogens is 264 g/mol. The molecule has 0 aliphatic carbocycles. The van der Waals surface area contributed by atoms with E-state index in [1.807, 2.05) is 0 Å². The molecule has 1 aromatic carbocycles. The van der Waals surface area contributed by atoms with Gasteiger partial charge in [-0.25, -0.2) is 8.42 Å². The number of hydrogen-bond acceptors (Lipinski definition) is 4. The first kappa shape index (κ1) is 14.3. The maximum absolute atomic E-state index is 11.7. The van der Waals surface area contributed by atoms with Crippen molar-refractivity contribution in [3.05, 3.63) is 28.8 Å². The molecule has 0 radical (unpaired) electrons. The van der Waals surface area contributed by atoms with Crippen LogP contribution in [0.25, 0.3) is 0 Å². The molecule has 96 valence electrons. The van der Waals surface area contributed by atoms with Crippen LogP contribution in [0.15, 0.2) is 18.2 Å². The van der Waals surface area contributed by atoms with E-state index in [1.54, 1.807) is 18.2 Å². The van der Waals surface area contributed by atoms with Crippen molar-refractivity contribution in [1.29, 1.82) is 0 Å². The summed E-state index contributed by atoms with van der Waals surface area (Å²) in [6.45, 7) is -0.133. The van der Waals surface area contributed by atoms with E-state index in [0.29, 0.717) is 16.3 Å². The molecule has 0 saturated carbocycles. The van der Waals surface area contributed by atoms with Crippen molar-refractivity contribution in [3.8, 4) is 5.75 Å². The molecule has 0 unspecified atom stereocenters. The third-order valence-corrected chi connectivity index (χ3v) is 4.13. The molecule has 0 saturated heterocycles. The van der Waals surface area contributed by atoms with Crippen molar-refractivity contribution in [2.75, 3.05) is 19.5 Å². The summed E-state index contributed by atoms with van der Waals surface area (Å²) in [6.07, 6.45) is 0.241. The molecule has 17 heavy (non-hydrogen) atoms. The van der Waals surface area contributed by atoms with Gasteiger partial charge >= 0.3 is 0 Å². The number of sulfone groups is 1. The van der Waals surface area contributed by atoms with E-state index in [9.17, 15) is 8.42 Å². The Morgan fingerprint density at radius 1 is 1.41 bits per heavy atom. The van der Waals surface area contributed by atoms with Crippen molar-refractivity contribution in [2.45, 2.75) is 12.2 Å². The van der Waals surface area contributed by atoms with Crippen molar-refractivity contribution >= 4 is 21.4 Å². The normalized spacial score (nSPS) is 11.5. The Hall–Kier alpha value is -0.780. The largest absolute Gasteiger partial charge is 0.496 e. The highest BCUT2D eigenvalue weighted by atomic mass is 35.5. The fourth-order valence-electron chi connectivity index (χ4n) is 1.45. The summed E-state index contributed by atoms with van der Waals surface area (Å²) in [7, 11) is -1.77. The zero-order chi connectivity index (χ0) is 12.9. The summed E-state index contributed by atoms with van der Waals surface area (Å²) in [4.78, 5) is 0. The molecule has 1 rings (SSSR count). The zero-order valence-electron chi connectivity index (χ0n) is 9.52. The summed E-state index contributed by atoms with van der Waals surface area (Å²) >= 11 is 5.82. The van der Waals surface area contributed by atoms with Gasteiger partial charge in [-0.1, -0.05) is 11.6 Å². The van der Waals surface area contributed by atoms with Crippen LogP contribution in [0.3, 0.4) is 0 Å². The highest BCUT2D eigenvalue weighted by Gasteiger charge is 2.15. The van der Waals surface area contributed by atoms with Crippen molar-refractivity contribution < 1.29 is 18.3 Å². The first-order valence-electron chi connectivity index (χ1n) is 5.12. The van der Waals surface area contributed by atoms with Crippen LogP contribution in [-0.2, 0) is 15.6 Å². The van der Waals surface area contributed by atoms with E-state index in [2.05, 4.69) is 0 Å². The van der Waals surface area contributed by atoms with E-state index in [4.69, 9.17) is 21.4 Å². The minimum absolute atomic E-state index is 0.0425. The van der Waals surface area contributed by atoms with Crippen LogP contribution >= 0.6 is 11.6 Å². The first-order chi connectivity index (χ1) is 7.98. The Bertz CT molecular complexity index is 470. The van der Waals surface area contributed by atoms with E-state index >= 15 is 0 Å². The van der Waals surface area contributed by atoms with Crippen molar-refractivity contribution in [3.63, 3.8) is 0 Å². The molecule has 0 aliphatic heterocycles. The standard InChI is InChI=1S/C11H15ClO4S/c1-16-11-4-3-10(12)7-9(11)8-17(14,15)6-2-5-13/h3-4,7,13H,2,5-6,8H2,1H3. The van der Waals surface area contributed by atoms with Gasteiger partial charge in [-0.15, -0.1) is 0 Å². The molecule has 0 aromatic heterocycles. The van der Waals surface area contributed by atoms with Crippen molar-refractivity contribution in [2.24, 2.45) is 0 Å². The van der Waals surface area contributed by atoms with Crippen LogP contribution in [0.2, 0.25) is 5.02 Å². The molecule has 0 aliphatic rings. The lowest BCUT2D eigenvalue weighted by Crippen LogP contribution is -2.11. The lowest BCUT2D eigenvalue weighted by molar-refractivity contribution is 0.295. The second kappa shape index (κ2) is 6.23. The average Bonchev–Trinajstić information content (AvgIpc) is 2.26. The summed E-state index contributed by atoms with van der Waals surface area (Å²) in [6, 6.07) is 4.86. The topological polar surface area (TPSA) is 63.6 Å². The molecule has 4 nitrogen and oxygen atoms in total. The average molecular weight is 279 g/mol. The molecule has 0 fully saturated rings. The number of aliphatic hydroxyl groups excluding tert-OH is 1. The summed E-state index contributed by atoms with van der Waals surface area (Å²) in [5, 5.41) is 9.10. The fraction of sp³-hybridized carbons (Fsp3) is 0.455. The molecule has 0 spiro atoms. The number of halogens is 1. The van der Waals surface area contributed by atoms with Gasteiger partial charge in [0.2, 0.25) is 0 Å². The lowest BCUT2D eigenvalue weighted by Gasteiger charge is -2.09. The fourth-order valence-corrected chi connectivity index (χ4v) is 3.06. The van der Waals surface area contributed by atoms with Gasteiger partial charge in [0.25, 0.3) is 0 Å². The summed E-state index contributed by atoms with van der Waals surface area (Å²) < 4.78 is 28.5. The Morgan fingerprint density at radius 2 is 2.12 bits per heavy atom. The molecule has 0 heterocycles. The van der Waals surface area contributed by atoms with E-state index < -0.39 is 9.84 Å². The lowest BCUT2D eigenvalue weighted by atomic mass is 10.2. The van der Waals surface area contributed by atoms with E-state index in [1.165, 1.54) is 7.11 Å². The van der Waals surface area contributed by atoms with Gasteiger partial charge in [0.15, 0.2) is 9.84 Å². The van der Waals surface area contributed by atoms with Gasteiger partial charge in [-0.05, 0) is 24.6 Å². The monoisotopic (exact) mass is 278 g/mol. The zero-order valence-corrected chi connectivity index (χ0v) is 11.1. The van der Waals surface area contributed by atoms with Gasteiger partial charge in [0.05, 0.1) is 18.6 Å². The predicted molar refractivity (Wildman–Crippen MR) is 67.2 cm³/mol. The quantitative estimate of drug-likeness (QED) is 0.859. The van der Waals surface area contributed by atoms with Gasteiger partial charge in [-0.2, -0.15) is 0 Å². The second-order valence-corrected chi connectivity index (χ2v) is 6.25. The van der Waals surface area contributed by atoms with Crippen molar-refractivity contribution in [1.82, 2.24) is 0 Å². The third kappa shape index (κ3) is 4.53. The smallest absolute Gasteiger partial charge is 0.154 e. The van der Waals surface area contributed by atoms with Crippen LogP contribution < -0.4 is 4.74 Å². The number of rotatable bonds is 6. The van der Waals surface area contributed by atoms with Gasteiger partial charge in [0.1, 0.15) is 5.75 Å². The highest BCUT2D eigenvalue weighted by molar-refractivity contribution is 7.90. The number of aliphatic hydroxyl groups is 1. The molecule has 1 N–H and O–H groups in total. The minimum atomic E-state index is -3.24. The van der Waals surface area contributed by atoms with Gasteiger partial charge in [-0.3, -0.25) is 0 Å². The van der Waals surface area contributed by atoms with Gasteiger partial charge in [0, 0.05) is 17.2 Å². The minimum Gasteiger partial charge on any atom is -0.496 e.